The molecule has 4 rings (SSSR count). The average Bonchev–Trinajstić information content (AvgIpc) is 3.18. The lowest BCUT2D eigenvalue weighted by atomic mass is 10.0. The van der Waals surface area contributed by atoms with E-state index in [1.54, 1.807) is 12.1 Å². The molecule has 0 amide bonds. The fourth-order valence-electron chi connectivity index (χ4n) is 3.16. The summed E-state index contributed by atoms with van der Waals surface area (Å²) in [6, 6.07) is 13.5. The number of nitrogens with zero attached hydrogens (tertiary/aromatic N) is 2. The number of oxazole rings is 1. The molecule has 2 N–H and O–H groups in total. The average molecular weight is 474 g/mol. The summed E-state index contributed by atoms with van der Waals surface area (Å²) in [5.41, 5.74) is 6.46. The number of aliphatic hydroxyl groups is 1. The Morgan fingerprint density at radius 3 is 2.61 bits per heavy atom. The van der Waals surface area contributed by atoms with Crippen LogP contribution >= 0.6 is 35.0 Å². The van der Waals surface area contributed by atoms with Crippen LogP contribution in [-0.4, -0.2) is 46.3 Å². The monoisotopic (exact) mass is 473 g/mol. The van der Waals surface area contributed by atoms with Crippen LogP contribution in [0.3, 0.4) is 0 Å². The highest BCUT2D eigenvalue weighted by molar-refractivity contribution is 7.99. The summed E-state index contributed by atoms with van der Waals surface area (Å²) < 4.78 is 6.13. The van der Waals surface area contributed by atoms with Gasteiger partial charge < -0.3 is 9.52 Å². The second-order valence-electron chi connectivity index (χ2n) is 6.88. The van der Waals surface area contributed by atoms with E-state index in [-0.39, 0.29) is 6.61 Å². The third kappa shape index (κ3) is 5.57. The molecule has 0 atom stereocenters. The van der Waals surface area contributed by atoms with Crippen LogP contribution in [0.1, 0.15) is 12.0 Å². The normalized spacial score (nSPS) is 14.2. The predicted molar refractivity (Wildman–Crippen MR) is 128 cm³/mol. The lowest BCUT2D eigenvalue weighted by Gasteiger charge is -2.25. The first-order valence-corrected chi connectivity index (χ1v) is 11.8. The first-order valence-electron chi connectivity index (χ1n) is 9.90. The first-order chi connectivity index (χ1) is 15.1. The number of benzene rings is 2. The molecule has 1 saturated heterocycles. The van der Waals surface area contributed by atoms with Crippen LogP contribution in [0.15, 0.2) is 46.9 Å². The van der Waals surface area contributed by atoms with Gasteiger partial charge in [0.15, 0.2) is 5.76 Å². The van der Waals surface area contributed by atoms with E-state index in [9.17, 15) is 0 Å². The molecule has 0 unspecified atom stereocenters. The molecule has 0 radical (unpaired) electrons. The Labute approximate surface area is 195 Å². The number of hydrogen-bond donors (Lipinski definition) is 2. The van der Waals surface area contributed by atoms with E-state index in [0.29, 0.717) is 33.9 Å². The van der Waals surface area contributed by atoms with Gasteiger partial charge in [0.05, 0.1) is 11.6 Å². The van der Waals surface area contributed by atoms with Crippen molar-refractivity contribution in [2.75, 3.05) is 36.6 Å². The molecule has 3 aromatic rings. The number of thioether (sulfide) groups is 1. The topological polar surface area (TPSA) is 61.5 Å². The van der Waals surface area contributed by atoms with Gasteiger partial charge in [-0.15, -0.1) is 0 Å². The van der Waals surface area contributed by atoms with Gasteiger partial charge in [-0.05, 0) is 30.3 Å². The standard InChI is InChI=1S/C23H21Cl2N3O2S/c24-18-8-9-19(20(25)15-18)22-21(17-6-4-16(5-7-17)3-1-2-12-29)26-23(30-22)27-28-10-13-31-14-11-28/h4-9,15,29H,2,10-14H2,(H,26,27). The Kier molecular flexibility index (Phi) is 7.44. The minimum absolute atomic E-state index is 0.0563. The highest BCUT2D eigenvalue weighted by Crippen LogP contribution is 2.39. The van der Waals surface area contributed by atoms with Gasteiger partial charge in [-0.3, -0.25) is 5.43 Å². The summed E-state index contributed by atoms with van der Waals surface area (Å²) in [7, 11) is 0. The zero-order valence-corrected chi connectivity index (χ0v) is 19.0. The molecule has 160 valence electrons. The molecule has 1 fully saturated rings. The van der Waals surface area contributed by atoms with E-state index in [1.807, 2.05) is 42.1 Å². The number of aliphatic hydroxyl groups excluding tert-OH is 1. The van der Waals surface area contributed by atoms with Gasteiger partial charge in [0.1, 0.15) is 5.69 Å². The van der Waals surface area contributed by atoms with Crippen LogP contribution in [0.4, 0.5) is 6.01 Å². The van der Waals surface area contributed by atoms with Gasteiger partial charge in [-0.1, -0.05) is 47.2 Å². The van der Waals surface area contributed by atoms with E-state index < -0.39 is 0 Å². The van der Waals surface area contributed by atoms with E-state index in [4.69, 9.17) is 37.7 Å². The highest BCUT2D eigenvalue weighted by atomic mass is 35.5. The Bertz CT molecular complexity index is 1100. The number of nitrogens with one attached hydrogen (secondary N) is 1. The minimum atomic E-state index is 0.0563. The maximum atomic E-state index is 8.88. The summed E-state index contributed by atoms with van der Waals surface area (Å²) in [6.45, 7) is 1.89. The van der Waals surface area contributed by atoms with Crippen LogP contribution in [0, 0.1) is 11.8 Å². The van der Waals surface area contributed by atoms with Crippen LogP contribution in [0.2, 0.25) is 10.0 Å². The first kappa shape index (κ1) is 22.1. The Balaban J connectivity index is 1.70. The maximum Gasteiger partial charge on any atom is 0.310 e. The van der Waals surface area contributed by atoms with Crippen molar-refractivity contribution >= 4 is 41.0 Å². The predicted octanol–water partition coefficient (Wildman–Crippen LogP) is 5.43. The fourth-order valence-corrected chi connectivity index (χ4v) is 4.56. The number of hydrogen-bond acceptors (Lipinski definition) is 6. The molecule has 2 heterocycles. The molecule has 0 aliphatic carbocycles. The van der Waals surface area contributed by atoms with Crippen molar-refractivity contribution in [3.8, 4) is 34.4 Å². The second kappa shape index (κ2) is 10.4. The van der Waals surface area contributed by atoms with Crippen molar-refractivity contribution in [2.24, 2.45) is 0 Å². The van der Waals surface area contributed by atoms with Gasteiger partial charge in [-0.25, -0.2) is 5.01 Å². The number of anilines is 1. The van der Waals surface area contributed by atoms with E-state index >= 15 is 0 Å². The largest absolute Gasteiger partial charge is 0.422 e. The van der Waals surface area contributed by atoms with Crippen molar-refractivity contribution in [3.05, 3.63) is 58.1 Å². The fraction of sp³-hybridized carbons (Fsp3) is 0.261. The summed E-state index contributed by atoms with van der Waals surface area (Å²) in [4.78, 5) is 4.73. The number of aromatic nitrogens is 1. The van der Waals surface area contributed by atoms with Crippen LogP contribution in [-0.2, 0) is 0 Å². The summed E-state index contributed by atoms with van der Waals surface area (Å²) in [5.74, 6) is 8.67. The third-order valence-electron chi connectivity index (χ3n) is 4.70. The Morgan fingerprint density at radius 2 is 1.90 bits per heavy atom. The molecule has 0 saturated carbocycles. The molecular formula is C23H21Cl2N3O2S. The lowest BCUT2D eigenvalue weighted by Crippen LogP contribution is -2.37. The van der Waals surface area contributed by atoms with E-state index in [1.165, 1.54) is 0 Å². The number of hydrazine groups is 1. The molecule has 1 aromatic heterocycles. The SMILES string of the molecule is OCCC#Cc1ccc(-c2nc(NN3CCSCC3)oc2-c2ccc(Cl)cc2Cl)cc1. The molecular weight excluding hydrogens is 453 g/mol. The molecule has 0 bridgehead atoms. The summed E-state index contributed by atoms with van der Waals surface area (Å²) in [6.07, 6.45) is 0.453. The lowest BCUT2D eigenvalue weighted by molar-refractivity contribution is 0.305. The van der Waals surface area contributed by atoms with Crippen molar-refractivity contribution < 1.29 is 9.52 Å². The molecule has 0 spiro atoms. The quantitative estimate of drug-likeness (QED) is 0.482. The van der Waals surface area contributed by atoms with Crippen molar-refractivity contribution in [2.45, 2.75) is 6.42 Å². The smallest absolute Gasteiger partial charge is 0.310 e. The third-order valence-corrected chi connectivity index (χ3v) is 6.19. The zero-order chi connectivity index (χ0) is 21.6. The van der Waals surface area contributed by atoms with Crippen LogP contribution in [0.25, 0.3) is 22.6 Å². The van der Waals surface area contributed by atoms with Gasteiger partial charge in [0, 0.05) is 52.7 Å². The summed E-state index contributed by atoms with van der Waals surface area (Å²) in [5, 5.41) is 12.1. The highest BCUT2D eigenvalue weighted by Gasteiger charge is 2.21. The van der Waals surface area contributed by atoms with E-state index in [2.05, 4.69) is 22.3 Å². The van der Waals surface area contributed by atoms with Crippen molar-refractivity contribution in [1.82, 2.24) is 9.99 Å². The van der Waals surface area contributed by atoms with Crippen LogP contribution in [0.5, 0.6) is 0 Å². The van der Waals surface area contributed by atoms with Crippen LogP contribution < -0.4 is 5.43 Å². The van der Waals surface area contributed by atoms with Gasteiger partial charge >= 0.3 is 6.01 Å². The van der Waals surface area contributed by atoms with Gasteiger partial charge in [-0.2, -0.15) is 16.7 Å². The van der Waals surface area contributed by atoms with Crippen molar-refractivity contribution in [1.29, 1.82) is 0 Å². The summed E-state index contributed by atoms with van der Waals surface area (Å²) >= 11 is 14.5. The Hall–Kier alpha value is -2.14. The molecule has 1 aliphatic heterocycles. The van der Waals surface area contributed by atoms with Gasteiger partial charge in [0.2, 0.25) is 0 Å². The molecule has 1 aliphatic rings. The molecule has 2 aromatic carbocycles. The van der Waals surface area contributed by atoms with E-state index in [0.717, 1.165) is 41.3 Å². The Morgan fingerprint density at radius 1 is 1.13 bits per heavy atom. The zero-order valence-electron chi connectivity index (χ0n) is 16.7. The second-order valence-corrected chi connectivity index (χ2v) is 8.95. The minimum Gasteiger partial charge on any atom is -0.422 e. The molecule has 8 heteroatoms. The maximum absolute atomic E-state index is 8.88. The molecule has 5 nitrogen and oxygen atoms in total. The number of halogens is 2. The molecule has 31 heavy (non-hydrogen) atoms. The van der Waals surface area contributed by atoms with Gasteiger partial charge in [0.25, 0.3) is 0 Å². The van der Waals surface area contributed by atoms with Crippen molar-refractivity contribution in [3.63, 3.8) is 0 Å². The number of rotatable bonds is 5.